The number of hydrogen-bond donors (Lipinski definition) is 0. The van der Waals surface area contributed by atoms with Crippen molar-refractivity contribution in [1.29, 1.82) is 0 Å². The normalized spacial score (nSPS) is 22.6. The van der Waals surface area contributed by atoms with Crippen LogP contribution in [-0.4, -0.2) is 42.6 Å². The molecule has 0 aliphatic carbocycles. The highest BCUT2D eigenvalue weighted by Gasteiger charge is 2.39. The third kappa shape index (κ3) is 2.14. The molecule has 0 spiro atoms. The quantitative estimate of drug-likeness (QED) is 0.793. The van der Waals surface area contributed by atoms with Gasteiger partial charge in [0, 0.05) is 19.7 Å². The van der Waals surface area contributed by atoms with E-state index in [1.807, 2.05) is 9.58 Å². The number of likely N-dealkylation sites (tertiary alicyclic amines) is 1. The number of rotatable bonds is 2. The van der Waals surface area contributed by atoms with Crippen LogP contribution in [0.5, 0.6) is 0 Å². The van der Waals surface area contributed by atoms with Gasteiger partial charge in [-0.2, -0.15) is 10.1 Å². The Kier molecular flexibility index (Phi) is 3.12. The third-order valence-corrected chi connectivity index (χ3v) is 4.15. The fourth-order valence-corrected chi connectivity index (χ4v) is 3.14. The highest BCUT2D eigenvalue weighted by atomic mass is 35.5. The first-order valence-corrected chi connectivity index (χ1v) is 7.00. The van der Waals surface area contributed by atoms with E-state index in [0.29, 0.717) is 12.2 Å². The molecule has 2 aromatic rings. The Balaban J connectivity index is 1.96. The van der Waals surface area contributed by atoms with Gasteiger partial charge in [0.1, 0.15) is 0 Å². The van der Waals surface area contributed by atoms with Crippen LogP contribution in [0.1, 0.15) is 26.7 Å². The Labute approximate surface area is 121 Å². The van der Waals surface area contributed by atoms with Crippen LogP contribution in [0.4, 0.5) is 0 Å². The number of carbonyl (C=O) groups excluding carboxylic acids is 1. The van der Waals surface area contributed by atoms with E-state index >= 15 is 0 Å². The average molecular weight is 294 g/mol. The molecule has 6 nitrogen and oxygen atoms in total. The van der Waals surface area contributed by atoms with E-state index in [-0.39, 0.29) is 16.7 Å². The van der Waals surface area contributed by atoms with Gasteiger partial charge in [0.05, 0.1) is 23.7 Å². The van der Waals surface area contributed by atoms with Gasteiger partial charge in [0.2, 0.25) is 11.2 Å². The van der Waals surface area contributed by atoms with Crippen LogP contribution in [0.2, 0.25) is 5.28 Å². The van der Waals surface area contributed by atoms with Crippen molar-refractivity contribution in [1.82, 2.24) is 24.6 Å². The summed E-state index contributed by atoms with van der Waals surface area (Å²) in [5, 5.41) is 5.42. The maximum absolute atomic E-state index is 11.8. The van der Waals surface area contributed by atoms with Gasteiger partial charge in [0.25, 0.3) is 0 Å². The second kappa shape index (κ2) is 4.70. The maximum Gasteiger partial charge on any atom is 0.224 e. The molecule has 1 aliphatic rings. The molecule has 3 rings (SSSR count). The zero-order valence-corrected chi connectivity index (χ0v) is 12.3. The first-order valence-electron chi connectivity index (χ1n) is 6.62. The topological polar surface area (TPSA) is 63.9 Å². The van der Waals surface area contributed by atoms with Gasteiger partial charge in [0.15, 0.2) is 5.65 Å². The van der Waals surface area contributed by atoms with Crippen LogP contribution in [0.3, 0.4) is 0 Å². The van der Waals surface area contributed by atoms with Crippen molar-refractivity contribution < 1.29 is 4.79 Å². The minimum atomic E-state index is -0.220. The average Bonchev–Trinajstić information content (AvgIpc) is 2.94. The molecule has 1 aliphatic heterocycles. The van der Waals surface area contributed by atoms with Crippen molar-refractivity contribution in [3.8, 4) is 0 Å². The minimum absolute atomic E-state index is 0.106. The molecule has 2 aromatic heterocycles. The van der Waals surface area contributed by atoms with Crippen LogP contribution in [0.15, 0.2) is 12.4 Å². The van der Waals surface area contributed by atoms with Gasteiger partial charge >= 0.3 is 0 Å². The Bertz CT molecular complexity index is 670. The SMILES string of the molecule is CC(=O)N1CCCC1(C)Cn1ncc2cnc(Cl)nc21. The molecule has 1 atom stereocenters. The molecule has 3 heterocycles. The molecule has 20 heavy (non-hydrogen) atoms. The van der Waals surface area contributed by atoms with E-state index in [4.69, 9.17) is 11.6 Å². The lowest BCUT2D eigenvalue weighted by molar-refractivity contribution is -0.132. The van der Waals surface area contributed by atoms with Crippen molar-refractivity contribution in [2.24, 2.45) is 0 Å². The number of fused-ring (bicyclic) bond motifs is 1. The molecule has 0 N–H and O–H groups in total. The Morgan fingerprint density at radius 2 is 2.30 bits per heavy atom. The molecule has 0 saturated carbocycles. The molecular formula is C13H16ClN5O. The largest absolute Gasteiger partial charge is 0.336 e. The van der Waals surface area contributed by atoms with Crippen molar-refractivity contribution in [2.45, 2.75) is 38.8 Å². The van der Waals surface area contributed by atoms with Crippen LogP contribution in [-0.2, 0) is 11.3 Å². The number of halogens is 1. The van der Waals surface area contributed by atoms with Crippen molar-refractivity contribution in [3.63, 3.8) is 0 Å². The second-order valence-corrected chi connectivity index (χ2v) is 5.83. The highest BCUT2D eigenvalue weighted by molar-refractivity contribution is 6.28. The third-order valence-electron chi connectivity index (χ3n) is 3.97. The van der Waals surface area contributed by atoms with Gasteiger partial charge in [-0.05, 0) is 31.4 Å². The summed E-state index contributed by atoms with van der Waals surface area (Å²) in [6, 6.07) is 0. The zero-order chi connectivity index (χ0) is 14.3. The van der Waals surface area contributed by atoms with Gasteiger partial charge in [-0.3, -0.25) is 4.79 Å². The number of nitrogens with zero attached hydrogens (tertiary/aromatic N) is 5. The summed E-state index contributed by atoms with van der Waals surface area (Å²) in [6.07, 6.45) is 5.37. The smallest absolute Gasteiger partial charge is 0.224 e. The molecular weight excluding hydrogens is 278 g/mol. The minimum Gasteiger partial charge on any atom is -0.336 e. The summed E-state index contributed by atoms with van der Waals surface area (Å²) in [6.45, 7) is 5.13. The summed E-state index contributed by atoms with van der Waals surface area (Å²) in [5.74, 6) is 0.106. The van der Waals surface area contributed by atoms with E-state index in [1.165, 1.54) is 0 Å². The van der Waals surface area contributed by atoms with Gasteiger partial charge in [-0.25, -0.2) is 9.67 Å². The number of hydrogen-bond acceptors (Lipinski definition) is 4. The van der Waals surface area contributed by atoms with Crippen molar-refractivity contribution in [3.05, 3.63) is 17.7 Å². The first kappa shape index (κ1) is 13.3. The number of carbonyl (C=O) groups is 1. The predicted molar refractivity (Wildman–Crippen MR) is 75.4 cm³/mol. The molecule has 1 unspecified atom stereocenters. The fraction of sp³-hybridized carbons (Fsp3) is 0.538. The zero-order valence-electron chi connectivity index (χ0n) is 11.5. The molecule has 0 bridgehead atoms. The van der Waals surface area contributed by atoms with E-state index in [9.17, 15) is 4.79 Å². The van der Waals surface area contributed by atoms with Gasteiger partial charge in [-0.15, -0.1) is 0 Å². The standard InChI is InChI=1S/C13H16ClN5O/c1-9(20)18-5-3-4-13(18,2)8-19-11-10(7-16-19)6-15-12(14)17-11/h6-7H,3-5,8H2,1-2H3. The number of aromatic nitrogens is 4. The van der Waals surface area contributed by atoms with Gasteiger partial charge in [-0.1, -0.05) is 0 Å². The van der Waals surface area contributed by atoms with Crippen molar-refractivity contribution >= 4 is 28.5 Å². The Hall–Kier alpha value is -1.69. The fourth-order valence-electron chi connectivity index (χ4n) is 3.01. The lowest BCUT2D eigenvalue weighted by Crippen LogP contribution is -2.47. The molecule has 0 radical (unpaired) electrons. The molecule has 106 valence electrons. The monoisotopic (exact) mass is 293 g/mol. The van der Waals surface area contributed by atoms with Crippen LogP contribution >= 0.6 is 11.6 Å². The summed E-state index contributed by atoms with van der Waals surface area (Å²) in [4.78, 5) is 21.9. The predicted octanol–water partition coefficient (Wildman–Crippen LogP) is 1.88. The Morgan fingerprint density at radius 3 is 3.05 bits per heavy atom. The molecule has 0 aromatic carbocycles. The van der Waals surface area contributed by atoms with E-state index < -0.39 is 0 Å². The summed E-state index contributed by atoms with van der Waals surface area (Å²) < 4.78 is 1.81. The number of amides is 1. The molecule has 1 amide bonds. The lowest BCUT2D eigenvalue weighted by Gasteiger charge is -2.34. The first-order chi connectivity index (χ1) is 9.49. The van der Waals surface area contributed by atoms with Crippen molar-refractivity contribution in [2.75, 3.05) is 6.54 Å². The van der Waals surface area contributed by atoms with Crippen LogP contribution < -0.4 is 0 Å². The molecule has 1 fully saturated rings. The van der Waals surface area contributed by atoms with Gasteiger partial charge < -0.3 is 4.90 Å². The van der Waals surface area contributed by atoms with Crippen LogP contribution in [0.25, 0.3) is 11.0 Å². The Morgan fingerprint density at radius 1 is 1.50 bits per heavy atom. The van der Waals surface area contributed by atoms with Crippen LogP contribution in [0, 0.1) is 0 Å². The summed E-state index contributed by atoms with van der Waals surface area (Å²) in [7, 11) is 0. The summed E-state index contributed by atoms with van der Waals surface area (Å²) >= 11 is 5.85. The van der Waals surface area contributed by atoms with E-state index in [2.05, 4.69) is 22.0 Å². The maximum atomic E-state index is 11.8. The lowest BCUT2D eigenvalue weighted by atomic mass is 9.99. The summed E-state index contributed by atoms with van der Waals surface area (Å²) in [5.41, 5.74) is 0.490. The second-order valence-electron chi connectivity index (χ2n) is 5.49. The highest BCUT2D eigenvalue weighted by Crippen LogP contribution is 2.31. The molecule has 7 heteroatoms. The van der Waals surface area contributed by atoms with E-state index in [0.717, 1.165) is 24.8 Å². The van der Waals surface area contributed by atoms with E-state index in [1.54, 1.807) is 19.3 Å². The molecule has 1 saturated heterocycles.